The van der Waals surface area contributed by atoms with E-state index in [0.717, 1.165) is 12.1 Å². The number of furan rings is 1. The van der Waals surface area contributed by atoms with Crippen LogP contribution in [-0.4, -0.2) is 42.0 Å². The van der Waals surface area contributed by atoms with E-state index in [9.17, 15) is 27.6 Å². The zero-order valence-corrected chi connectivity index (χ0v) is 18.3. The second-order valence-electron chi connectivity index (χ2n) is 7.25. The molecule has 184 valence electrons. The highest BCUT2D eigenvalue weighted by Crippen LogP contribution is 2.35. The van der Waals surface area contributed by atoms with E-state index in [4.69, 9.17) is 19.0 Å². The van der Waals surface area contributed by atoms with E-state index < -0.39 is 35.3 Å². The van der Waals surface area contributed by atoms with Gasteiger partial charge in [0.1, 0.15) is 0 Å². The van der Waals surface area contributed by atoms with Crippen LogP contribution in [0.25, 0.3) is 6.08 Å². The van der Waals surface area contributed by atoms with Gasteiger partial charge in [-0.05, 0) is 54.1 Å². The zero-order valence-electron chi connectivity index (χ0n) is 18.3. The SMILES string of the molecule is COc1cc(/C=C2\C(=O)N(c3cccc(C(=O)O)c3)N=C2C(F)(F)F)ccc1OC(=O)c1ccco1. The van der Waals surface area contributed by atoms with Crippen molar-refractivity contribution in [1.82, 2.24) is 0 Å². The highest BCUT2D eigenvalue weighted by atomic mass is 19.4. The Morgan fingerprint density at radius 2 is 1.86 bits per heavy atom. The smallest absolute Gasteiger partial charge is 0.435 e. The lowest BCUT2D eigenvalue weighted by molar-refractivity contribution is -0.114. The predicted octanol–water partition coefficient (Wildman–Crippen LogP) is 4.55. The Morgan fingerprint density at radius 1 is 1.08 bits per heavy atom. The van der Waals surface area contributed by atoms with Crippen LogP contribution in [0.2, 0.25) is 0 Å². The maximum absolute atomic E-state index is 13.7. The molecular formula is C24H15F3N2O7. The summed E-state index contributed by atoms with van der Waals surface area (Å²) in [5.41, 5.74) is -2.49. The number of esters is 1. The molecule has 2 heterocycles. The molecule has 0 saturated carbocycles. The minimum Gasteiger partial charge on any atom is -0.493 e. The van der Waals surface area contributed by atoms with E-state index in [2.05, 4.69) is 5.10 Å². The van der Waals surface area contributed by atoms with E-state index >= 15 is 0 Å². The average molecular weight is 500 g/mol. The Kier molecular flexibility index (Phi) is 6.34. The number of halogens is 3. The number of aromatic carboxylic acids is 1. The van der Waals surface area contributed by atoms with Crippen LogP contribution in [0, 0.1) is 0 Å². The number of rotatable bonds is 6. The number of ether oxygens (including phenoxy) is 2. The Balaban J connectivity index is 1.69. The number of benzene rings is 2. The van der Waals surface area contributed by atoms with Gasteiger partial charge in [-0.3, -0.25) is 4.79 Å². The summed E-state index contributed by atoms with van der Waals surface area (Å²) in [5, 5.41) is 13.1. The quantitative estimate of drug-likeness (QED) is 0.300. The number of hydrazone groups is 1. The molecule has 0 fully saturated rings. The van der Waals surface area contributed by atoms with Crippen LogP contribution < -0.4 is 14.5 Å². The lowest BCUT2D eigenvalue weighted by atomic mass is 10.1. The lowest BCUT2D eigenvalue weighted by Gasteiger charge is -2.12. The molecule has 0 saturated heterocycles. The molecule has 1 amide bonds. The molecule has 0 atom stereocenters. The number of hydrogen-bond donors (Lipinski definition) is 1. The first-order valence-corrected chi connectivity index (χ1v) is 10.1. The summed E-state index contributed by atoms with van der Waals surface area (Å²) in [6.45, 7) is 0. The minimum atomic E-state index is -4.98. The molecular weight excluding hydrogens is 485 g/mol. The fraction of sp³-hybridized carbons (Fsp3) is 0.0833. The van der Waals surface area contributed by atoms with Gasteiger partial charge in [-0.1, -0.05) is 12.1 Å². The second kappa shape index (κ2) is 9.41. The molecule has 2 aromatic carbocycles. The molecule has 9 nitrogen and oxygen atoms in total. The second-order valence-corrected chi connectivity index (χ2v) is 7.25. The number of carboxylic acid groups (broad SMARTS) is 1. The Bertz CT molecular complexity index is 1410. The van der Waals surface area contributed by atoms with Gasteiger partial charge in [0.05, 0.1) is 30.2 Å². The molecule has 36 heavy (non-hydrogen) atoms. The number of methoxy groups -OCH3 is 1. The number of amides is 1. The highest BCUT2D eigenvalue weighted by Gasteiger charge is 2.46. The van der Waals surface area contributed by atoms with Crippen molar-refractivity contribution >= 4 is 35.3 Å². The van der Waals surface area contributed by atoms with Crippen molar-refractivity contribution in [1.29, 1.82) is 0 Å². The maximum atomic E-state index is 13.7. The summed E-state index contributed by atoms with van der Waals surface area (Å²) < 4.78 is 56.5. The Hall–Kier alpha value is -4.87. The van der Waals surface area contributed by atoms with Gasteiger partial charge < -0.3 is 19.0 Å². The topological polar surface area (TPSA) is 119 Å². The fourth-order valence-corrected chi connectivity index (χ4v) is 3.27. The standard InChI is InChI=1S/C24H15F3N2O7/c1-34-19-11-13(7-8-17(19)36-23(33)18-6-3-9-35-18)10-16-20(24(25,26)27)28-29(21(16)30)15-5-2-4-14(12-15)22(31)32/h2-12H,1H3,(H,31,32)/b16-10-. The molecule has 0 bridgehead atoms. The molecule has 3 aromatic rings. The molecule has 0 spiro atoms. The van der Waals surface area contributed by atoms with E-state index in [0.29, 0.717) is 5.01 Å². The molecule has 12 heteroatoms. The van der Waals surface area contributed by atoms with Gasteiger partial charge in [0.2, 0.25) is 5.76 Å². The van der Waals surface area contributed by atoms with Crippen molar-refractivity contribution in [3.8, 4) is 11.5 Å². The van der Waals surface area contributed by atoms with Crippen LogP contribution in [0.4, 0.5) is 18.9 Å². The molecule has 1 aliphatic rings. The third kappa shape index (κ3) is 4.82. The molecule has 0 radical (unpaired) electrons. The number of carbonyl (C=O) groups is 3. The number of hydrogen-bond acceptors (Lipinski definition) is 7. The number of carboxylic acids is 1. The van der Waals surface area contributed by atoms with Gasteiger partial charge in [-0.2, -0.15) is 23.3 Å². The van der Waals surface area contributed by atoms with Crippen LogP contribution in [0.1, 0.15) is 26.5 Å². The summed E-state index contributed by atoms with van der Waals surface area (Å²) in [6, 6.07) is 11.5. The minimum absolute atomic E-state index is 0.00575. The summed E-state index contributed by atoms with van der Waals surface area (Å²) in [5.74, 6) is -3.35. The molecule has 1 aliphatic heterocycles. The number of anilines is 1. The monoisotopic (exact) mass is 500 g/mol. The van der Waals surface area contributed by atoms with Crippen molar-refractivity contribution in [3.05, 3.63) is 83.3 Å². The van der Waals surface area contributed by atoms with Gasteiger partial charge in [0.15, 0.2) is 17.2 Å². The van der Waals surface area contributed by atoms with Crippen LogP contribution >= 0.6 is 0 Å². The van der Waals surface area contributed by atoms with Gasteiger partial charge in [0.25, 0.3) is 5.91 Å². The van der Waals surface area contributed by atoms with Crippen LogP contribution in [0.15, 0.2) is 76.0 Å². The summed E-state index contributed by atoms with van der Waals surface area (Å²) in [7, 11) is 1.26. The largest absolute Gasteiger partial charge is 0.493 e. The Labute approximate surface area is 200 Å². The molecule has 1 N–H and O–H groups in total. The third-order valence-electron chi connectivity index (χ3n) is 4.91. The normalized spacial score (nSPS) is 14.7. The molecule has 0 unspecified atom stereocenters. The van der Waals surface area contributed by atoms with Gasteiger partial charge in [-0.25, -0.2) is 9.59 Å². The first kappa shape index (κ1) is 24.3. The van der Waals surface area contributed by atoms with Crippen molar-refractivity contribution in [3.63, 3.8) is 0 Å². The van der Waals surface area contributed by atoms with Crippen molar-refractivity contribution in [2.24, 2.45) is 5.10 Å². The number of nitrogens with zero attached hydrogens (tertiary/aromatic N) is 2. The molecule has 1 aromatic heterocycles. The number of carbonyl (C=O) groups excluding carboxylic acids is 2. The fourth-order valence-electron chi connectivity index (χ4n) is 3.27. The first-order chi connectivity index (χ1) is 17.1. The Morgan fingerprint density at radius 3 is 2.50 bits per heavy atom. The molecule has 0 aliphatic carbocycles. The third-order valence-corrected chi connectivity index (χ3v) is 4.91. The van der Waals surface area contributed by atoms with Gasteiger partial charge >= 0.3 is 18.1 Å². The van der Waals surface area contributed by atoms with E-state index in [1.807, 2.05) is 0 Å². The van der Waals surface area contributed by atoms with E-state index in [1.165, 1.54) is 61.9 Å². The molecule has 4 rings (SSSR count). The summed E-state index contributed by atoms with van der Waals surface area (Å²) in [6.07, 6.45) is -2.75. The van der Waals surface area contributed by atoms with Gasteiger partial charge in [0, 0.05) is 0 Å². The predicted molar refractivity (Wildman–Crippen MR) is 119 cm³/mol. The van der Waals surface area contributed by atoms with Gasteiger partial charge in [-0.15, -0.1) is 0 Å². The summed E-state index contributed by atoms with van der Waals surface area (Å²) >= 11 is 0. The lowest BCUT2D eigenvalue weighted by Crippen LogP contribution is -2.25. The van der Waals surface area contributed by atoms with Crippen LogP contribution in [0.5, 0.6) is 11.5 Å². The first-order valence-electron chi connectivity index (χ1n) is 10.1. The highest BCUT2D eigenvalue weighted by molar-refractivity contribution is 6.34. The average Bonchev–Trinajstić information content (AvgIpc) is 3.49. The van der Waals surface area contributed by atoms with E-state index in [1.54, 1.807) is 0 Å². The van der Waals surface area contributed by atoms with Crippen LogP contribution in [0.3, 0.4) is 0 Å². The van der Waals surface area contributed by atoms with E-state index in [-0.39, 0.29) is 34.1 Å². The van der Waals surface area contributed by atoms with Crippen molar-refractivity contribution in [2.75, 3.05) is 12.1 Å². The zero-order chi connectivity index (χ0) is 26.0. The van der Waals surface area contributed by atoms with Crippen molar-refractivity contribution in [2.45, 2.75) is 6.18 Å². The van der Waals surface area contributed by atoms with Crippen molar-refractivity contribution < 1.29 is 46.6 Å². The maximum Gasteiger partial charge on any atom is 0.435 e. The summed E-state index contributed by atoms with van der Waals surface area (Å²) in [4.78, 5) is 36.3. The number of alkyl halides is 3. The van der Waals surface area contributed by atoms with Crippen LogP contribution in [-0.2, 0) is 4.79 Å².